The predicted molar refractivity (Wildman–Crippen MR) is 79.4 cm³/mol. The maximum absolute atomic E-state index is 5.72. The lowest BCUT2D eigenvalue weighted by molar-refractivity contribution is 0.293. The second-order valence-electron chi connectivity index (χ2n) is 4.23. The van der Waals surface area contributed by atoms with Crippen LogP contribution >= 0.6 is 15.9 Å². The van der Waals surface area contributed by atoms with Crippen molar-refractivity contribution >= 4 is 26.8 Å². The molecule has 0 aliphatic carbocycles. The summed E-state index contributed by atoms with van der Waals surface area (Å²) in [5.74, 6) is 0.867. The van der Waals surface area contributed by atoms with Crippen LogP contribution in [0.1, 0.15) is 0 Å². The fraction of sp³-hybridized carbons (Fsp3) is 0.133. The normalized spacial score (nSPS) is 10.8. The molecule has 3 rings (SSSR count). The summed E-state index contributed by atoms with van der Waals surface area (Å²) in [7, 11) is 0. The topological polar surface area (TPSA) is 27.1 Å². The molecule has 0 radical (unpaired) electrons. The number of benzene rings is 2. The first kappa shape index (κ1) is 12.2. The van der Waals surface area contributed by atoms with Gasteiger partial charge in [-0.15, -0.1) is 0 Å². The number of hydrogen-bond acceptors (Lipinski definition) is 2. The summed E-state index contributed by atoms with van der Waals surface area (Å²) in [4.78, 5) is 0. The largest absolute Gasteiger partial charge is 0.492 e. The Morgan fingerprint density at radius 2 is 2.00 bits per heavy atom. The highest BCUT2D eigenvalue weighted by molar-refractivity contribution is 9.10. The summed E-state index contributed by atoms with van der Waals surface area (Å²) in [6.07, 6.45) is 1.88. The van der Waals surface area contributed by atoms with E-state index in [0.29, 0.717) is 6.61 Å². The van der Waals surface area contributed by atoms with Crippen molar-refractivity contribution < 1.29 is 4.74 Å². The van der Waals surface area contributed by atoms with Crippen LogP contribution in [0, 0.1) is 0 Å². The molecule has 0 amide bonds. The Balaban J connectivity index is 1.66. The Kier molecular flexibility index (Phi) is 3.51. The van der Waals surface area contributed by atoms with Crippen LogP contribution in [0.5, 0.6) is 5.75 Å². The molecule has 4 heteroatoms. The highest BCUT2D eigenvalue weighted by atomic mass is 79.9. The van der Waals surface area contributed by atoms with Crippen molar-refractivity contribution in [3.8, 4) is 5.75 Å². The van der Waals surface area contributed by atoms with Gasteiger partial charge in [-0.3, -0.25) is 4.68 Å². The summed E-state index contributed by atoms with van der Waals surface area (Å²) in [6.45, 7) is 1.34. The van der Waals surface area contributed by atoms with Crippen LogP contribution < -0.4 is 4.74 Å². The number of rotatable bonds is 4. The first-order chi connectivity index (χ1) is 9.33. The van der Waals surface area contributed by atoms with Crippen molar-refractivity contribution in [3.05, 3.63) is 59.2 Å². The van der Waals surface area contributed by atoms with Crippen LogP contribution in [0.4, 0.5) is 0 Å². The molecule has 0 bridgehead atoms. The Morgan fingerprint density at radius 1 is 1.11 bits per heavy atom. The van der Waals surface area contributed by atoms with E-state index in [0.717, 1.165) is 27.7 Å². The molecule has 0 atom stereocenters. The SMILES string of the molecule is Brc1cccc(OCCn2ncc3ccccc32)c1. The van der Waals surface area contributed by atoms with Crippen LogP contribution in [-0.4, -0.2) is 16.4 Å². The molecule has 0 saturated carbocycles. The second-order valence-corrected chi connectivity index (χ2v) is 5.15. The van der Waals surface area contributed by atoms with Crippen molar-refractivity contribution in [2.24, 2.45) is 0 Å². The molecule has 0 aliphatic heterocycles. The second kappa shape index (κ2) is 5.45. The van der Waals surface area contributed by atoms with E-state index in [2.05, 4.69) is 33.2 Å². The van der Waals surface area contributed by atoms with E-state index in [9.17, 15) is 0 Å². The molecule has 1 aromatic heterocycles. The van der Waals surface area contributed by atoms with Crippen LogP contribution in [-0.2, 0) is 6.54 Å². The first-order valence-electron chi connectivity index (χ1n) is 6.12. The lowest BCUT2D eigenvalue weighted by atomic mass is 10.3. The molecule has 3 aromatic rings. The van der Waals surface area contributed by atoms with Crippen molar-refractivity contribution in [1.82, 2.24) is 9.78 Å². The molecule has 2 aromatic carbocycles. The van der Waals surface area contributed by atoms with Gasteiger partial charge in [0.1, 0.15) is 12.4 Å². The van der Waals surface area contributed by atoms with Crippen molar-refractivity contribution in [2.45, 2.75) is 6.54 Å². The minimum absolute atomic E-state index is 0.599. The number of nitrogens with zero attached hydrogens (tertiary/aromatic N) is 2. The Bertz CT molecular complexity index is 693. The lowest BCUT2D eigenvalue weighted by Gasteiger charge is -2.07. The predicted octanol–water partition coefficient (Wildman–Crippen LogP) is 3.88. The zero-order valence-electron chi connectivity index (χ0n) is 10.3. The molecule has 0 fully saturated rings. The highest BCUT2D eigenvalue weighted by Crippen LogP contribution is 2.18. The third-order valence-corrected chi connectivity index (χ3v) is 3.41. The fourth-order valence-electron chi connectivity index (χ4n) is 2.01. The number of halogens is 1. The van der Waals surface area contributed by atoms with Gasteiger partial charge in [-0.25, -0.2) is 0 Å². The first-order valence-corrected chi connectivity index (χ1v) is 6.91. The summed E-state index contributed by atoms with van der Waals surface area (Å²) in [5, 5.41) is 5.53. The smallest absolute Gasteiger partial charge is 0.120 e. The van der Waals surface area contributed by atoms with Crippen molar-refractivity contribution in [3.63, 3.8) is 0 Å². The van der Waals surface area contributed by atoms with Gasteiger partial charge in [-0.1, -0.05) is 40.2 Å². The Morgan fingerprint density at radius 3 is 2.89 bits per heavy atom. The minimum Gasteiger partial charge on any atom is -0.492 e. The van der Waals surface area contributed by atoms with Gasteiger partial charge in [-0.05, 0) is 24.3 Å². The summed E-state index contributed by atoms with van der Waals surface area (Å²) in [6, 6.07) is 16.0. The van der Waals surface area contributed by atoms with Crippen LogP contribution in [0.3, 0.4) is 0 Å². The number of fused-ring (bicyclic) bond motifs is 1. The van der Waals surface area contributed by atoms with E-state index in [-0.39, 0.29) is 0 Å². The van der Waals surface area contributed by atoms with E-state index in [1.165, 1.54) is 0 Å². The van der Waals surface area contributed by atoms with Gasteiger partial charge in [0.2, 0.25) is 0 Å². The monoisotopic (exact) mass is 316 g/mol. The Hall–Kier alpha value is -1.81. The van der Waals surface area contributed by atoms with Crippen molar-refractivity contribution in [2.75, 3.05) is 6.61 Å². The van der Waals surface area contributed by atoms with E-state index < -0.39 is 0 Å². The lowest BCUT2D eigenvalue weighted by Crippen LogP contribution is -2.09. The minimum atomic E-state index is 0.599. The number of aromatic nitrogens is 2. The third kappa shape index (κ3) is 2.79. The zero-order chi connectivity index (χ0) is 13.1. The van der Waals surface area contributed by atoms with E-state index in [4.69, 9.17) is 4.74 Å². The standard InChI is InChI=1S/C15H13BrN2O/c16-13-5-3-6-14(10-13)19-9-8-18-15-7-2-1-4-12(15)11-17-18/h1-7,10-11H,8-9H2. The molecular formula is C15H13BrN2O. The van der Waals surface area contributed by atoms with Gasteiger partial charge < -0.3 is 4.74 Å². The highest BCUT2D eigenvalue weighted by Gasteiger charge is 2.01. The van der Waals surface area contributed by atoms with Gasteiger partial charge in [0.25, 0.3) is 0 Å². The maximum atomic E-state index is 5.72. The van der Waals surface area contributed by atoms with Crippen molar-refractivity contribution in [1.29, 1.82) is 0 Å². The van der Waals surface area contributed by atoms with Crippen LogP contribution in [0.25, 0.3) is 10.9 Å². The molecule has 0 unspecified atom stereocenters. The average Bonchev–Trinajstić information content (AvgIpc) is 2.83. The van der Waals surface area contributed by atoms with Gasteiger partial charge in [0.15, 0.2) is 0 Å². The number of hydrogen-bond donors (Lipinski definition) is 0. The molecule has 0 aliphatic rings. The third-order valence-electron chi connectivity index (χ3n) is 2.92. The molecule has 0 N–H and O–H groups in total. The molecular weight excluding hydrogens is 304 g/mol. The Labute approximate surface area is 119 Å². The molecule has 0 spiro atoms. The van der Waals surface area contributed by atoms with Crippen LogP contribution in [0.2, 0.25) is 0 Å². The number of para-hydroxylation sites is 1. The summed E-state index contributed by atoms with van der Waals surface area (Å²) >= 11 is 3.43. The summed E-state index contributed by atoms with van der Waals surface area (Å²) in [5.41, 5.74) is 1.14. The molecule has 19 heavy (non-hydrogen) atoms. The summed E-state index contributed by atoms with van der Waals surface area (Å²) < 4.78 is 8.71. The van der Waals surface area contributed by atoms with Gasteiger partial charge >= 0.3 is 0 Å². The van der Waals surface area contributed by atoms with E-state index in [1.807, 2.05) is 47.3 Å². The quantitative estimate of drug-likeness (QED) is 0.730. The fourth-order valence-corrected chi connectivity index (χ4v) is 2.39. The van der Waals surface area contributed by atoms with Gasteiger partial charge in [0, 0.05) is 9.86 Å². The van der Waals surface area contributed by atoms with E-state index >= 15 is 0 Å². The van der Waals surface area contributed by atoms with E-state index in [1.54, 1.807) is 0 Å². The maximum Gasteiger partial charge on any atom is 0.120 e. The van der Waals surface area contributed by atoms with Gasteiger partial charge in [0.05, 0.1) is 18.3 Å². The molecule has 1 heterocycles. The molecule has 0 saturated heterocycles. The zero-order valence-corrected chi connectivity index (χ0v) is 11.9. The molecule has 96 valence electrons. The average molecular weight is 317 g/mol. The molecule has 3 nitrogen and oxygen atoms in total. The van der Waals surface area contributed by atoms with Crippen LogP contribution in [0.15, 0.2) is 59.2 Å². The number of ether oxygens (including phenoxy) is 1. The van der Waals surface area contributed by atoms with Gasteiger partial charge in [-0.2, -0.15) is 5.10 Å².